The van der Waals surface area contributed by atoms with Crippen molar-refractivity contribution in [3.8, 4) is 6.07 Å². The molecule has 2 heterocycles. The van der Waals surface area contributed by atoms with Gasteiger partial charge in [0.25, 0.3) is 0 Å². The molecule has 1 amide bonds. The van der Waals surface area contributed by atoms with Crippen LogP contribution in [-0.4, -0.2) is 56.1 Å². The number of rotatable bonds is 6. The molecule has 0 aliphatic carbocycles. The first-order chi connectivity index (χ1) is 13.3. The smallest absolute Gasteiger partial charge is 0.237 e. The number of halogens is 1. The van der Waals surface area contributed by atoms with E-state index in [1.165, 1.54) is 4.88 Å². The maximum absolute atomic E-state index is 12.5. The van der Waals surface area contributed by atoms with Crippen LogP contribution >= 0.6 is 27.3 Å². The lowest BCUT2D eigenvalue weighted by Gasteiger charge is -2.34. The minimum Gasteiger partial charge on any atom is -0.339 e. The zero-order chi connectivity index (χ0) is 20.1. The van der Waals surface area contributed by atoms with E-state index in [-0.39, 0.29) is 11.7 Å². The first-order valence-corrected chi connectivity index (χ1v) is 12.2. The summed E-state index contributed by atoms with van der Waals surface area (Å²) in [6, 6.07) is 12.5. The summed E-state index contributed by atoms with van der Waals surface area (Å²) in [4.78, 5) is 17.6. The minimum atomic E-state index is -3.55. The van der Waals surface area contributed by atoms with Crippen molar-refractivity contribution in [3.63, 3.8) is 0 Å². The lowest BCUT2D eigenvalue weighted by Crippen LogP contribution is -2.49. The van der Waals surface area contributed by atoms with E-state index in [1.54, 1.807) is 40.5 Å². The van der Waals surface area contributed by atoms with Gasteiger partial charge in [0.2, 0.25) is 5.91 Å². The summed E-state index contributed by atoms with van der Waals surface area (Å²) in [5.41, 5.74) is 1.06. The van der Waals surface area contributed by atoms with Crippen molar-refractivity contribution in [1.29, 1.82) is 5.26 Å². The zero-order valence-corrected chi connectivity index (χ0v) is 18.4. The van der Waals surface area contributed by atoms with Gasteiger partial charge in [-0.05, 0) is 45.8 Å². The van der Waals surface area contributed by atoms with Crippen LogP contribution in [0.25, 0.3) is 0 Å². The molecule has 1 saturated heterocycles. The van der Waals surface area contributed by atoms with Crippen molar-refractivity contribution >= 4 is 43.0 Å². The molecule has 1 aromatic heterocycles. The van der Waals surface area contributed by atoms with E-state index in [4.69, 9.17) is 5.26 Å². The van der Waals surface area contributed by atoms with Crippen LogP contribution in [0.4, 0.5) is 0 Å². The van der Waals surface area contributed by atoms with E-state index in [0.29, 0.717) is 24.2 Å². The molecule has 3 rings (SSSR count). The van der Waals surface area contributed by atoms with Crippen LogP contribution in [-0.2, 0) is 26.9 Å². The second kappa shape index (κ2) is 9.18. The highest BCUT2D eigenvalue weighted by molar-refractivity contribution is 9.11. The highest BCUT2D eigenvalue weighted by Crippen LogP contribution is 2.23. The number of sulfone groups is 1. The van der Waals surface area contributed by atoms with Crippen LogP contribution in [0.3, 0.4) is 0 Å². The van der Waals surface area contributed by atoms with Crippen LogP contribution < -0.4 is 0 Å². The van der Waals surface area contributed by atoms with Crippen LogP contribution in [0.5, 0.6) is 0 Å². The van der Waals surface area contributed by atoms with Gasteiger partial charge in [-0.3, -0.25) is 9.69 Å². The Balaban J connectivity index is 1.49. The van der Waals surface area contributed by atoms with Gasteiger partial charge in [-0.2, -0.15) is 5.26 Å². The molecule has 0 spiro atoms. The van der Waals surface area contributed by atoms with Crippen molar-refractivity contribution in [1.82, 2.24) is 9.80 Å². The SMILES string of the molecule is N#Cc1ccc(CS(=O)(=O)CC(=O)N2CCN(Cc3ccc(Br)s3)CC2)cc1. The first-order valence-electron chi connectivity index (χ1n) is 8.78. The summed E-state index contributed by atoms with van der Waals surface area (Å²) in [7, 11) is -3.55. The van der Waals surface area contributed by atoms with Gasteiger partial charge in [0, 0.05) is 37.6 Å². The molecule has 2 aromatic rings. The van der Waals surface area contributed by atoms with E-state index >= 15 is 0 Å². The van der Waals surface area contributed by atoms with Crippen LogP contribution in [0.1, 0.15) is 16.0 Å². The number of carbonyl (C=O) groups is 1. The lowest BCUT2D eigenvalue weighted by molar-refractivity contribution is -0.130. The van der Waals surface area contributed by atoms with Crippen LogP contribution in [0.15, 0.2) is 40.2 Å². The van der Waals surface area contributed by atoms with E-state index in [9.17, 15) is 13.2 Å². The topological polar surface area (TPSA) is 81.5 Å². The quantitative estimate of drug-likeness (QED) is 0.633. The Morgan fingerprint density at radius 3 is 2.36 bits per heavy atom. The molecule has 1 aliphatic rings. The van der Waals surface area contributed by atoms with Gasteiger partial charge in [0.05, 0.1) is 21.2 Å². The Bertz CT molecular complexity index is 973. The third-order valence-corrected chi connectivity index (χ3v) is 7.61. The molecular formula is C19H20BrN3O3S2. The number of nitriles is 1. The second-order valence-corrected chi connectivity index (χ2v) is 11.3. The second-order valence-electron chi connectivity index (χ2n) is 6.70. The van der Waals surface area contributed by atoms with Crippen LogP contribution in [0, 0.1) is 11.3 Å². The van der Waals surface area contributed by atoms with Gasteiger partial charge >= 0.3 is 0 Å². The Kier molecular flexibility index (Phi) is 6.88. The molecule has 148 valence electrons. The van der Waals surface area contributed by atoms with Crippen molar-refractivity contribution < 1.29 is 13.2 Å². The summed E-state index contributed by atoms with van der Waals surface area (Å²) in [6.07, 6.45) is 0. The standard InChI is InChI=1S/C19H20BrN3O3S2/c20-18-6-5-17(27-18)12-22-7-9-23(10-8-22)19(24)14-28(25,26)13-16-3-1-15(11-21)2-4-16/h1-6H,7-10,12-14H2. The third kappa shape index (κ3) is 5.88. The average Bonchev–Trinajstić information content (AvgIpc) is 3.07. The molecule has 0 bridgehead atoms. The van der Waals surface area contributed by atoms with E-state index < -0.39 is 15.6 Å². The maximum Gasteiger partial charge on any atom is 0.237 e. The molecule has 0 N–H and O–H groups in total. The summed E-state index contributed by atoms with van der Waals surface area (Å²) in [5, 5.41) is 8.80. The summed E-state index contributed by atoms with van der Waals surface area (Å²) < 4.78 is 25.9. The molecule has 1 aliphatic heterocycles. The average molecular weight is 482 g/mol. The van der Waals surface area contributed by atoms with Crippen molar-refractivity contribution in [3.05, 3.63) is 56.2 Å². The van der Waals surface area contributed by atoms with Crippen molar-refractivity contribution in [2.75, 3.05) is 31.9 Å². The number of benzene rings is 1. The third-order valence-electron chi connectivity index (χ3n) is 4.55. The number of hydrogen-bond acceptors (Lipinski definition) is 6. The molecule has 9 heteroatoms. The van der Waals surface area contributed by atoms with Gasteiger partial charge in [-0.1, -0.05) is 12.1 Å². The fraction of sp³-hybridized carbons (Fsp3) is 0.368. The molecule has 6 nitrogen and oxygen atoms in total. The molecule has 0 saturated carbocycles. The van der Waals surface area contributed by atoms with Gasteiger partial charge in [0.1, 0.15) is 5.75 Å². The molecule has 1 aromatic carbocycles. The molecule has 0 radical (unpaired) electrons. The van der Waals surface area contributed by atoms with E-state index in [2.05, 4.69) is 26.9 Å². The molecule has 0 unspecified atom stereocenters. The van der Waals surface area contributed by atoms with Crippen molar-refractivity contribution in [2.45, 2.75) is 12.3 Å². The first kappa shape index (κ1) is 21.0. The number of carbonyl (C=O) groups excluding carboxylic acids is 1. The number of hydrogen-bond donors (Lipinski definition) is 0. The van der Waals surface area contributed by atoms with Gasteiger partial charge in [0.15, 0.2) is 9.84 Å². The highest BCUT2D eigenvalue weighted by atomic mass is 79.9. The van der Waals surface area contributed by atoms with Gasteiger partial charge in [-0.15, -0.1) is 11.3 Å². The minimum absolute atomic E-state index is 0.197. The van der Waals surface area contributed by atoms with E-state index in [1.807, 2.05) is 12.1 Å². The Labute approximate surface area is 177 Å². The van der Waals surface area contributed by atoms with Gasteiger partial charge in [-0.25, -0.2) is 8.42 Å². The lowest BCUT2D eigenvalue weighted by atomic mass is 10.2. The maximum atomic E-state index is 12.5. The monoisotopic (exact) mass is 481 g/mol. The number of amides is 1. The fourth-order valence-electron chi connectivity index (χ4n) is 3.07. The summed E-state index contributed by atoms with van der Waals surface area (Å²) in [6.45, 7) is 3.39. The van der Waals surface area contributed by atoms with E-state index in [0.717, 1.165) is 23.4 Å². The Hall–Kier alpha value is -1.73. The normalized spacial score (nSPS) is 15.4. The van der Waals surface area contributed by atoms with Crippen molar-refractivity contribution in [2.24, 2.45) is 0 Å². The van der Waals surface area contributed by atoms with Crippen LogP contribution in [0.2, 0.25) is 0 Å². The fourth-order valence-corrected chi connectivity index (χ4v) is 5.96. The Morgan fingerprint density at radius 1 is 1.11 bits per heavy atom. The number of piperazine rings is 1. The number of thiophene rings is 1. The predicted molar refractivity (Wildman–Crippen MR) is 113 cm³/mol. The largest absolute Gasteiger partial charge is 0.339 e. The Morgan fingerprint density at radius 2 is 1.79 bits per heavy atom. The summed E-state index contributed by atoms with van der Waals surface area (Å²) in [5.74, 6) is -1.02. The molecule has 1 fully saturated rings. The molecule has 28 heavy (non-hydrogen) atoms. The molecule has 0 atom stereocenters. The zero-order valence-electron chi connectivity index (χ0n) is 15.2. The summed E-state index contributed by atoms with van der Waals surface area (Å²) >= 11 is 5.16. The predicted octanol–water partition coefficient (Wildman–Crippen LogP) is 2.64. The highest BCUT2D eigenvalue weighted by Gasteiger charge is 2.25. The molecular weight excluding hydrogens is 462 g/mol. The van der Waals surface area contributed by atoms with Gasteiger partial charge < -0.3 is 4.90 Å². The number of nitrogens with zero attached hydrogens (tertiary/aromatic N) is 3.